The highest BCUT2D eigenvalue weighted by atomic mass is 28.4. The van der Waals surface area contributed by atoms with Crippen LogP contribution in [0.15, 0.2) is 12.3 Å². The lowest BCUT2D eigenvalue weighted by Crippen LogP contribution is -2.67. The van der Waals surface area contributed by atoms with Crippen LogP contribution in [0.5, 0.6) is 0 Å². The first-order valence-electron chi connectivity index (χ1n) is 6.90. The minimum absolute atomic E-state index is 0.0723. The third kappa shape index (κ3) is 2.37. The molecule has 1 saturated heterocycles. The van der Waals surface area contributed by atoms with Gasteiger partial charge in [0.15, 0.2) is 0 Å². The van der Waals surface area contributed by atoms with Crippen molar-refractivity contribution in [3.63, 3.8) is 0 Å². The Labute approximate surface area is 117 Å². The predicted molar refractivity (Wildman–Crippen MR) is 76.0 cm³/mol. The molecule has 2 aliphatic heterocycles. The van der Waals surface area contributed by atoms with Gasteiger partial charge in [0.25, 0.3) is 0 Å². The molecule has 2 aliphatic rings. The molecule has 19 heavy (non-hydrogen) atoms. The Balaban J connectivity index is 2.36. The molecule has 1 fully saturated rings. The lowest BCUT2D eigenvalue weighted by atomic mass is 10.1. The van der Waals surface area contributed by atoms with Gasteiger partial charge in [0.05, 0.1) is 12.9 Å². The molecular formula is C14H26O4Si. The maximum absolute atomic E-state index is 10.1. The number of aliphatic hydroxyl groups excluding tert-OH is 1. The molecule has 2 heterocycles. The van der Waals surface area contributed by atoms with Crippen molar-refractivity contribution >= 4 is 8.56 Å². The Morgan fingerprint density at radius 1 is 1.11 bits per heavy atom. The Morgan fingerprint density at radius 2 is 1.68 bits per heavy atom. The van der Waals surface area contributed by atoms with Crippen LogP contribution in [0.3, 0.4) is 0 Å². The second-order valence-electron chi connectivity index (χ2n) is 7.50. The minimum Gasteiger partial charge on any atom is -0.493 e. The zero-order chi connectivity index (χ0) is 14.5. The highest BCUT2D eigenvalue weighted by molar-refractivity contribution is 6.73. The third-order valence-corrected chi connectivity index (χ3v) is 9.09. The fourth-order valence-electron chi connectivity index (χ4n) is 3.25. The SMILES string of the molecule is CC(C)(C)[Si]1(C(C)(C)C)OC[C@H]2OC=C[C@@H](O)[C@H]2O1. The molecular weight excluding hydrogens is 260 g/mol. The summed E-state index contributed by atoms with van der Waals surface area (Å²) in [6, 6.07) is 0. The van der Waals surface area contributed by atoms with Crippen LogP contribution in [0.25, 0.3) is 0 Å². The van der Waals surface area contributed by atoms with E-state index in [9.17, 15) is 5.11 Å². The van der Waals surface area contributed by atoms with E-state index >= 15 is 0 Å². The quantitative estimate of drug-likeness (QED) is 0.696. The maximum atomic E-state index is 10.1. The smallest absolute Gasteiger partial charge is 0.349 e. The van der Waals surface area contributed by atoms with E-state index in [1.807, 2.05) is 0 Å². The van der Waals surface area contributed by atoms with E-state index in [0.29, 0.717) is 6.61 Å². The molecule has 0 radical (unpaired) electrons. The largest absolute Gasteiger partial charge is 0.493 e. The maximum Gasteiger partial charge on any atom is 0.349 e. The van der Waals surface area contributed by atoms with Crippen LogP contribution >= 0.6 is 0 Å². The Morgan fingerprint density at radius 3 is 2.21 bits per heavy atom. The summed E-state index contributed by atoms with van der Waals surface area (Å²) in [5.41, 5.74) is 0. The van der Waals surface area contributed by atoms with Crippen molar-refractivity contribution < 1.29 is 18.7 Å². The van der Waals surface area contributed by atoms with Gasteiger partial charge in [0.2, 0.25) is 0 Å². The summed E-state index contributed by atoms with van der Waals surface area (Å²) in [5.74, 6) is 0. The molecule has 5 heteroatoms. The molecule has 0 aromatic carbocycles. The molecule has 1 N–H and O–H groups in total. The molecule has 4 nitrogen and oxygen atoms in total. The van der Waals surface area contributed by atoms with E-state index in [1.54, 1.807) is 12.3 Å². The van der Waals surface area contributed by atoms with E-state index in [-0.39, 0.29) is 22.3 Å². The zero-order valence-electron chi connectivity index (χ0n) is 12.8. The van der Waals surface area contributed by atoms with Gasteiger partial charge in [-0.15, -0.1) is 0 Å². The van der Waals surface area contributed by atoms with Crippen LogP contribution in [0.2, 0.25) is 10.1 Å². The average Bonchev–Trinajstić information content (AvgIpc) is 2.26. The van der Waals surface area contributed by atoms with Crippen LogP contribution in [0, 0.1) is 0 Å². The van der Waals surface area contributed by atoms with E-state index in [1.165, 1.54) is 0 Å². The van der Waals surface area contributed by atoms with E-state index in [2.05, 4.69) is 41.5 Å². The van der Waals surface area contributed by atoms with Gasteiger partial charge in [-0.2, -0.15) is 0 Å². The van der Waals surface area contributed by atoms with Gasteiger partial charge in [-0.05, 0) is 6.08 Å². The number of aliphatic hydroxyl groups is 1. The molecule has 2 rings (SSSR count). The average molecular weight is 286 g/mol. The summed E-state index contributed by atoms with van der Waals surface area (Å²) >= 11 is 0. The monoisotopic (exact) mass is 286 g/mol. The second kappa shape index (κ2) is 4.58. The molecule has 0 aromatic heterocycles. The van der Waals surface area contributed by atoms with Gasteiger partial charge >= 0.3 is 8.56 Å². The standard InChI is InChI=1S/C14H26O4Si/c1-13(2,3)19(14(4,5)6)17-9-11-12(18-19)10(15)7-8-16-11/h7-8,10-12,15H,9H2,1-6H3/t10-,11-,12-/m1/s1. The van der Waals surface area contributed by atoms with Crippen molar-refractivity contribution in [2.75, 3.05) is 6.61 Å². The van der Waals surface area contributed by atoms with Gasteiger partial charge in [0, 0.05) is 10.1 Å². The fraction of sp³-hybridized carbons (Fsp3) is 0.857. The van der Waals surface area contributed by atoms with Crippen LogP contribution in [-0.2, 0) is 13.6 Å². The fourth-order valence-corrected chi connectivity index (χ4v) is 8.21. The minimum atomic E-state index is -2.51. The van der Waals surface area contributed by atoms with E-state index in [4.69, 9.17) is 13.6 Å². The van der Waals surface area contributed by atoms with Crippen molar-refractivity contribution in [2.45, 2.75) is 69.9 Å². The second-order valence-corrected chi connectivity index (χ2v) is 12.3. The lowest BCUT2D eigenvalue weighted by molar-refractivity contribution is -0.122. The first kappa shape index (κ1) is 15.0. The van der Waals surface area contributed by atoms with Crippen molar-refractivity contribution in [2.24, 2.45) is 0 Å². The third-order valence-electron chi connectivity index (χ3n) is 3.96. The summed E-state index contributed by atoms with van der Waals surface area (Å²) < 4.78 is 18.2. The molecule has 0 saturated carbocycles. The number of hydrogen-bond acceptors (Lipinski definition) is 4. The molecule has 0 bridgehead atoms. The first-order valence-corrected chi connectivity index (χ1v) is 8.72. The Kier molecular flexibility index (Phi) is 3.63. The lowest BCUT2D eigenvalue weighted by Gasteiger charge is -2.55. The van der Waals surface area contributed by atoms with Gasteiger partial charge in [0.1, 0.15) is 18.3 Å². The van der Waals surface area contributed by atoms with Crippen molar-refractivity contribution in [1.29, 1.82) is 0 Å². The molecule has 0 unspecified atom stereocenters. The summed E-state index contributed by atoms with van der Waals surface area (Å²) in [6.45, 7) is 13.5. The molecule has 0 aromatic rings. The summed E-state index contributed by atoms with van der Waals surface area (Å²) in [4.78, 5) is 0. The van der Waals surface area contributed by atoms with Crippen LogP contribution in [0.1, 0.15) is 41.5 Å². The van der Waals surface area contributed by atoms with Crippen LogP contribution in [-0.4, -0.2) is 38.6 Å². The molecule has 0 aliphatic carbocycles. The van der Waals surface area contributed by atoms with Crippen molar-refractivity contribution in [1.82, 2.24) is 0 Å². The van der Waals surface area contributed by atoms with Crippen molar-refractivity contribution in [3.8, 4) is 0 Å². The zero-order valence-corrected chi connectivity index (χ0v) is 13.8. The molecule has 0 amide bonds. The van der Waals surface area contributed by atoms with E-state index in [0.717, 1.165) is 0 Å². The first-order chi connectivity index (χ1) is 8.58. The summed E-state index contributed by atoms with van der Waals surface area (Å²) in [6.07, 6.45) is 2.06. The highest BCUT2D eigenvalue weighted by Gasteiger charge is 2.63. The number of hydrogen-bond donors (Lipinski definition) is 1. The highest BCUT2D eigenvalue weighted by Crippen LogP contribution is 2.54. The number of rotatable bonds is 0. The van der Waals surface area contributed by atoms with Gasteiger partial charge in [-0.3, -0.25) is 0 Å². The molecule has 3 atom stereocenters. The topological polar surface area (TPSA) is 47.9 Å². The Hall–Kier alpha value is -0.363. The van der Waals surface area contributed by atoms with E-state index < -0.39 is 14.7 Å². The summed E-state index contributed by atoms with van der Waals surface area (Å²) in [5, 5.41) is 10.00. The molecule has 110 valence electrons. The van der Waals surface area contributed by atoms with Gasteiger partial charge < -0.3 is 18.7 Å². The molecule has 0 spiro atoms. The predicted octanol–water partition coefficient (Wildman–Crippen LogP) is 2.72. The number of fused-ring (bicyclic) bond motifs is 1. The van der Waals surface area contributed by atoms with Crippen LogP contribution < -0.4 is 0 Å². The van der Waals surface area contributed by atoms with Gasteiger partial charge in [-0.25, -0.2) is 0 Å². The van der Waals surface area contributed by atoms with Gasteiger partial charge in [-0.1, -0.05) is 41.5 Å². The van der Waals surface area contributed by atoms with Crippen LogP contribution in [0.4, 0.5) is 0 Å². The van der Waals surface area contributed by atoms with Crippen molar-refractivity contribution in [3.05, 3.63) is 12.3 Å². The summed E-state index contributed by atoms with van der Waals surface area (Å²) in [7, 11) is -2.51. The Bertz CT molecular complexity index is 353. The normalized spacial score (nSPS) is 34.6. The number of ether oxygens (including phenoxy) is 1.